The molecule has 2 rings (SSSR count). The lowest BCUT2D eigenvalue weighted by atomic mass is 10.1. The first kappa shape index (κ1) is 13.6. The summed E-state index contributed by atoms with van der Waals surface area (Å²) in [4.78, 5) is 29.4. The molecule has 1 aromatic heterocycles. The van der Waals surface area contributed by atoms with Gasteiger partial charge in [-0.15, -0.1) is 0 Å². The highest BCUT2D eigenvalue weighted by atomic mass is 16.4. The lowest BCUT2D eigenvalue weighted by Gasteiger charge is -2.16. The molecule has 1 fully saturated rings. The molecule has 0 saturated heterocycles. The Kier molecular flexibility index (Phi) is 4.19. The fourth-order valence-corrected chi connectivity index (χ4v) is 2.09. The molecule has 1 aliphatic rings. The Balaban J connectivity index is 2.11. The zero-order valence-electron chi connectivity index (χ0n) is 11.0. The first-order valence-corrected chi connectivity index (χ1v) is 6.68. The molecule has 1 heterocycles. The first-order valence-electron chi connectivity index (χ1n) is 6.68. The Morgan fingerprint density at radius 2 is 2.37 bits per heavy atom. The number of aliphatic carboxylic acids is 1. The van der Waals surface area contributed by atoms with Crippen LogP contribution in [-0.4, -0.2) is 27.1 Å². The number of nitrogens with zero attached hydrogens (tertiary/aromatic N) is 1. The SMILES string of the molecule is CCCC(CC(=O)O)Nc1cc(=O)[nH]c(C2CC2)n1. The van der Waals surface area contributed by atoms with Gasteiger partial charge in [0, 0.05) is 18.0 Å². The number of carbonyl (C=O) groups is 1. The summed E-state index contributed by atoms with van der Waals surface area (Å²) in [6, 6.07) is 1.19. The average Bonchev–Trinajstić information content (AvgIpc) is 3.11. The number of carboxylic acid groups (broad SMARTS) is 1. The van der Waals surface area contributed by atoms with Crippen molar-refractivity contribution >= 4 is 11.8 Å². The smallest absolute Gasteiger partial charge is 0.305 e. The molecule has 1 aliphatic carbocycles. The Morgan fingerprint density at radius 3 is 2.95 bits per heavy atom. The molecule has 1 unspecified atom stereocenters. The molecule has 0 spiro atoms. The summed E-state index contributed by atoms with van der Waals surface area (Å²) in [6.45, 7) is 2.00. The van der Waals surface area contributed by atoms with Crippen LogP contribution in [0.2, 0.25) is 0 Å². The van der Waals surface area contributed by atoms with E-state index in [0.717, 1.165) is 25.7 Å². The average molecular weight is 265 g/mol. The molecule has 6 heteroatoms. The fraction of sp³-hybridized carbons (Fsp3) is 0.615. The van der Waals surface area contributed by atoms with Crippen molar-refractivity contribution in [1.29, 1.82) is 0 Å². The van der Waals surface area contributed by atoms with E-state index in [9.17, 15) is 9.59 Å². The van der Waals surface area contributed by atoms with E-state index in [1.165, 1.54) is 6.07 Å². The number of hydrogen-bond acceptors (Lipinski definition) is 4. The van der Waals surface area contributed by atoms with Crippen LogP contribution >= 0.6 is 0 Å². The van der Waals surface area contributed by atoms with E-state index in [1.807, 2.05) is 6.92 Å². The Hall–Kier alpha value is -1.85. The van der Waals surface area contributed by atoms with Crippen LogP contribution in [0.15, 0.2) is 10.9 Å². The predicted molar refractivity (Wildman–Crippen MR) is 71.4 cm³/mol. The maximum absolute atomic E-state index is 11.6. The van der Waals surface area contributed by atoms with Gasteiger partial charge >= 0.3 is 5.97 Å². The van der Waals surface area contributed by atoms with Crippen molar-refractivity contribution in [1.82, 2.24) is 9.97 Å². The van der Waals surface area contributed by atoms with E-state index >= 15 is 0 Å². The van der Waals surface area contributed by atoms with Gasteiger partial charge in [-0.3, -0.25) is 9.59 Å². The van der Waals surface area contributed by atoms with Crippen LogP contribution in [0.3, 0.4) is 0 Å². The monoisotopic (exact) mass is 265 g/mol. The first-order chi connectivity index (χ1) is 9.08. The van der Waals surface area contributed by atoms with Crippen LogP contribution in [0.4, 0.5) is 5.82 Å². The van der Waals surface area contributed by atoms with Gasteiger partial charge in [0.15, 0.2) is 0 Å². The van der Waals surface area contributed by atoms with Crippen molar-refractivity contribution in [2.45, 2.75) is 51.0 Å². The third kappa shape index (κ3) is 4.08. The van der Waals surface area contributed by atoms with Gasteiger partial charge in [0.1, 0.15) is 11.6 Å². The van der Waals surface area contributed by atoms with E-state index in [1.54, 1.807) is 0 Å². The molecule has 1 saturated carbocycles. The summed E-state index contributed by atoms with van der Waals surface area (Å²) in [5, 5.41) is 11.9. The second-order valence-electron chi connectivity index (χ2n) is 5.02. The molecule has 3 N–H and O–H groups in total. The molecule has 0 aliphatic heterocycles. The second kappa shape index (κ2) is 5.86. The number of aromatic amines is 1. The number of hydrogen-bond donors (Lipinski definition) is 3. The number of aromatic nitrogens is 2. The van der Waals surface area contributed by atoms with Crippen molar-refractivity contribution in [3.05, 3.63) is 22.2 Å². The van der Waals surface area contributed by atoms with E-state index in [4.69, 9.17) is 5.11 Å². The van der Waals surface area contributed by atoms with Crippen LogP contribution in [0.1, 0.15) is 50.8 Å². The highest BCUT2D eigenvalue weighted by molar-refractivity contribution is 5.68. The minimum absolute atomic E-state index is 0.0289. The van der Waals surface area contributed by atoms with Crippen molar-refractivity contribution in [2.75, 3.05) is 5.32 Å². The lowest BCUT2D eigenvalue weighted by molar-refractivity contribution is -0.137. The van der Waals surface area contributed by atoms with Crippen molar-refractivity contribution in [3.8, 4) is 0 Å². The molecule has 0 aromatic carbocycles. The molecule has 0 radical (unpaired) electrons. The summed E-state index contributed by atoms with van der Waals surface area (Å²) < 4.78 is 0. The van der Waals surface area contributed by atoms with Gasteiger partial charge in [-0.25, -0.2) is 4.98 Å². The summed E-state index contributed by atoms with van der Waals surface area (Å²) in [5.41, 5.74) is -0.190. The molecule has 104 valence electrons. The largest absolute Gasteiger partial charge is 0.481 e. The number of H-pyrrole nitrogens is 1. The topological polar surface area (TPSA) is 95.1 Å². The molecule has 0 bridgehead atoms. The van der Waals surface area contributed by atoms with Gasteiger partial charge in [-0.05, 0) is 19.3 Å². The van der Waals surface area contributed by atoms with Gasteiger partial charge < -0.3 is 15.4 Å². The summed E-state index contributed by atoms with van der Waals surface area (Å²) in [5.74, 6) is 0.697. The van der Waals surface area contributed by atoms with E-state index in [-0.39, 0.29) is 18.0 Å². The molecule has 1 aromatic rings. The Morgan fingerprint density at radius 1 is 1.63 bits per heavy atom. The number of nitrogens with one attached hydrogen (secondary N) is 2. The van der Waals surface area contributed by atoms with Gasteiger partial charge in [-0.1, -0.05) is 13.3 Å². The molecule has 0 amide bonds. The lowest BCUT2D eigenvalue weighted by Crippen LogP contribution is -2.25. The van der Waals surface area contributed by atoms with Crippen LogP contribution in [0.25, 0.3) is 0 Å². The van der Waals surface area contributed by atoms with E-state index in [0.29, 0.717) is 17.6 Å². The molecule has 1 atom stereocenters. The number of rotatable bonds is 7. The minimum atomic E-state index is -0.849. The molecule has 19 heavy (non-hydrogen) atoms. The number of carboxylic acids is 1. The van der Waals surface area contributed by atoms with Crippen LogP contribution < -0.4 is 10.9 Å². The molecular formula is C13H19N3O3. The van der Waals surface area contributed by atoms with Crippen LogP contribution in [0.5, 0.6) is 0 Å². The fourth-order valence-electron chi connectivity index (χ4n) is 2.09. The minimum Gasteiger partial charge on any atom is -0.481 e. The van der Waals surface area contributed by atoms with Crippen molar-refractivity contribution in [3.63, 3.8) is 0 Å². The Labute approximate surface area is 111 Å². The highest BCUT2D eigenvalue weighted by Crippen LogP contribution is 2.37. The van der Waals surface area contributed by atoms with Crippen molar-refractivity contribution in [2.24, 2.45) is 0 Å². The summed E-state index contributed by atoms with van der Waals surface area (Å²) >= 11 is 0. The van der Waals surface area contributed by atoms with Gasteiger partial charge in [0.05, 0.1) is 6.42 Å². The van der Waals surface area contributed by atoms with E-state index in [2.05, 4.69) is 15.3 Å². The molecule has 6 nitrogen and oxygen atoms in total. The normalized spacial score (nSPS) is 16.1. The third-order valence-electron chi connectivity index (χ3n) is 3.13. The van der Waals surface area contributed by atoms with E-state index < -0.39 is 5.97 Å². The quantitative estimate of drug-likeness (QED) is 0.697. The second-order valence-corrected chi connectivity index (χ2v) is 5.02. The van der Waals surface area contributed by atoms with Gasteiger partial charge in [0.25, 0.3) is 5.56 Å². The predicted octanol–water partition coefficient (Wildman–Crippen LogP) is 1.70. The maximum atomic E-state index is 11.6. The molecular weight excluding hydrogens is 246 g/mol. The summed E-state index contributed by atoms with van der Waals surface area (Å²) in [6.07, 6.45) is 3.75. The third-order valence-corrected chi connectivity index (χ3v) is 3.13. The maximum Gasteiger partial charge on any atom is 0.305 e. The van der Waals surface area contributed by atoms with Crippen LogP contribution in [-0.2, 0) is 4.79 Å². The zero-order valence-corrected chi connectivity index (χ0v) is 11.0. The highest BCUT2D eigenvalue weighted by Gasteiger charge is 2.26. The standard InChI is InChI=1S/C13H19N3O3/c1-2-3-9(6-12(18)19)14-10-7-11(17)16-13(15-10)8-4-5-8/h7-9H,2-6H2,1H3,(H,18,19)(H2,14,15,16,17). The van der Waals surface area contributed by atoms with Crippen molar-refractivity contribution < 1.29 is 9.90 Å². The zero-order chi connectivity index (χ0) is 13.8. The van der Waals surface area contributed by atoms with Gasteiger partial charge in [0.2, 0.25) is 0 Å². The summed E-state index contributed by atoms with van der Waals surface area (Å²) in [7, 11) is 0. The Bertz CT molecular complexity index is 508. The number of anilines is 1. The van der Waals surface area contributed by atoms with Crippen LogP contribution in [0, 0.1) is 0 Å². The van der Waals surface area contributed by atoms with Gasteiger partial charge in [-0.2, -0.15) is 0 Å².